The third-order valence-corrected chi connectivity index (χ3v) is 7.05. The predicted molar refractivity (Wildman–Crippen MR) is 164 cm³/mol. The second-order valence-electron chi connectivity index (χ2n) is 11.7. The van der Waals surface area contributed by atoms with Gasteiger partial charge in [-0.25, -0.2) is 13.6 Å². The molecule has 2 N–H and O–H groups in total. The van der Waals surface area contributed by atoms with Gasteiger partial charge in [0.1, 0.15) is 24.6 Å². The quantitative estimate of drug-likeness (QED) is 0.185. The first-order chi connectivity index (χ1) is 21.1. The van der Waals surface area contributed by atoms with Crippen molar-refractivity contribution < 1.29 is 32.5 Å². The molecule has 5 rings (SSSR count). The molecule has 0 bridgehead atoms. The van der Waals surface area contributed by atoms with Crippen LogP contribution in [0.2, 0.25) is 0 Å². The Morgan fingerprint density at radius 1 is 0.841 bits per heavy atom. The van der Waals surface area contributed by atoms with E-state index in [1.807, 2.05) is 60.7 Å². The maximum atomic E-state index is 15.5. The summed E-state index contributed by atoms with van der Waals surface area (Å²) in [5, 5.41) is 5.84. The monoisotopic (exact) mass is 602 g/mol. The van der Waals surface area contributed by atoms with Crippen molar-refractivity contribution in [3.8, 4) is 11.5 Å². The standard InChI is InChI=1S/C35H36F2N2O5/c1-34(2,3)44-33(40)39-29-16-10-15-26(32(29)37)19-38-35(22-41-23-35)27-17-28(36)31(43-21-25-13-8-5-9-14-25)18-30(27)42-20-24-11-6-4-7-12-24/h4-18,38H,19-23H2,1-3H3,(H,39,40). The summed E-state index contributed by atoms with van der Waals surface area (Å²) in [4.78, 5) is 12.2. The van der Waals surface area contributed by atoms with Gasteiger partial charge in [-0.1, -0.05) is 72.8 Å². The number of rotatable bonds is 11. The van der Waals surface area contributed by atoms with Crippen LogP contribution in [-0.4, -0.2) is 24.9 Å². The molecule has 0 spiro atoms. The van der Waals surface area contributed by atoms with E-state index in [1.165, 1.54) is 12.1 Å². The highest BCUT2D eigenvalue weighted by Gasteiger charge is 2.43. The van der Waals surface area contributed by atoms with E-state index in [0.29, 0.717) is 16.9 Å². The Hall–Kier alpha value is -4.47. The van der Waals surface area contributed by atoms with Gasteiger partial charge in [-0.05, 0) is 44.0 Å². The number of carbonyl (C=O) groups excluding carboxylic acids is 1. The summed E-state index contributed by atoms with van der Waals surface area (Å²) in [5.41, 5.74) is 1.10. The topological polar surface area (TPSA) is 78.1 Å². The summed E-state index contributed by atoms with van der Waals surface area (Å²) >= 11 is 0. The van der Waals surface area contributed by atoms with Crippen LogP contribution in [0.5, 0.6) is 11.5 Å². The van der Waals surface area contributed by atoms with Crippen LogP contribution >= 0.6 is 0 Å². The minimum Gasteiger partial charge on any atom is -0.488 e. The fraction of sp³-hybridized carbons (Fsp3) is 0.286. The maximum Gasteiger partial charge on any atom is 0.412 e. The lowest BCUT2D eigenvalue weighted by Gasteiger charge is -2.43. The number of benzene rings is 4. The average Bonchev–Trinajstić information content (AvgIpc) is 2.97. The summed E-state index contributed by atoms with van der Waals surface area (Å²) in [6, 6.07) is 26.8. The molecule has 4 aromatic rings. The minimum atomic E-state index is -0.855. The van der Waals surface area contributed by atoms with Crippen molar-refractivity contribution in [3.63, 3.8) is 0 Å². The van der Waals surface area contributed by atoms with Gasteiger partial charge in [0.2, 0.25) is 0 Å². The van der Waals surface area contributed by atoms with Gasteiger partial charge >= 0.3 is 6.09 Å². The number of hydrogen-bond donors (Lipinski definition) is 2. The third kappa shape index (κ3) is 7.72. The first-order valence-electron chi connectivity index (χ1n) is 14.4. The molecule has 9 heteroatoms. The van der Waals surface area contributed by atoms with Crippen LogP contribution in [0.15, 0.2) is 91.0 Å². The molecule has 1 amide bonds. The van der Waals surface area contributed by atoms with Crippen molar-refractivity contribution in [3.05, 3.63) is 125 Å². The Morgan fingerprint density at radius 3 is 2.02 bits per heavy atom. The fourth-order valence-corrected chi connectivity index (χ4v) is 4.76. The van der Waals surface area contributed by atoms with Crippen LogP contribution in [0.3, 0.4) is 0 Å². The van der Waals surface area contributed by atoms with E-state index in [9.17, 15) is 4.79 Å². The van der Waals surface area contributed by atoms with Gasteiger partial charge in [0.15, 0.2) is 17.4 Å². The van der Waals surface area contributed by atoms with E-state index in [1.54, 1.807) is 39.0 Å². The lowest BCUT2D eigenvalue weighted by Crippen LogP contribution is -2.57. The second-order valence-corrected chi connectivity index (χ2v) is 11.7. The van der Waals surface area contributed by atoms with E-state index in [-0.39, 0.29) is 44.4 Å². The molecule has 1 fully saturated rings. The largest absolute Gasteiger partial charge is 0.488 e. The number of ether oxygens (including phenoxy) is 4. The molecular weight excluding hydrogens is 566 g/mol. The van der Waals surface area contributed by atoms with Gasteiger partial charge < -0.3 is 18.9 Å². The number of carbonyl (C=O) groups is 1. The van der Waals surface area contributed by atoms with Crippen LogP contribution in [0.25, 0.3) is 0 Å². The lowest BCUT2D eigenvalue weighted by molar-refractivity contribution is -0.0809. The molecule has 1 aliphatic heterocycles. The van der Waals surface area contributed by atoms with Crippen LogP contribution < -0.4 is 20.1 Å². The van der Waals surface area contributed by atoms with Gasteiger partial charge in [-0.3, -0.25) is 10.6 Å². The molecular formula is C35H36F2N2O5. The summed E-state index contributed by atoms with van der Waals surface area (Å²) in [6.07, 6.45) is -0.754. The van der Waals surface area contributed by atoms with Gasteiger partial charge in [-0.15, -0.1) is 0 Å². The molecule has 44 heavy (non-hydrogen) atoms. The zero-order valence-corrected chi connectivity index (χ0v) is 25.0. The Kier molecular flexibility index (Phi) is 9.46. The highest BCUT2D eigenvalue weighted by Crippen LogP contribution is 2.40. The average molecular weight is 603 g/mol. The van der Waals surface area contributed by atoms with Crippen molar-refractivity contribution in [2.24, 2.45) is 0 Å². The number of halogens is 2. The lowest BCUT2D eigenvalue weighted by atomic mass is 9.86. The molecule has 1 heterocycles. The van der Waals surface area contributed by atoms with E-state index in [4.69, 9.17) is 18.9 Å². The van der Waals surface area contributed by atoms with Crippen LogP contribution in [0.4, 0.5) is 19.3 Å². The highest BCUT2D eigenvalue weighted by molar-refractivity contribution is 5.85. The fourth-order valence-electron chi connectivity index (χ4n) is 4.76. The SMILES string of the molecule is CC(C)(C)OC(=O)Nc1cccc(CNC2(c3cc(F)c(OCc4ccccc4)cc3OCc3ccccc3)COC2)c1F. The van der Waals surface area contributed by atoms with Crippen molar-refractivity contribution >= 4 is 11.8 Å². The van der Waals surface area contributed by atoms with E-state index >= 15 is 8.78 Å². The molecule has 1 aliphatic rings. The molecule has 0 aliphatic carbocycles. The molecule has 0 unspecified atom stereocenters. The normalized spacial score (nSPS) is 13.9. The summed E-state index contributed by atoms with van der Waals surface area (Å²) < 4.78 is 54.0. The van der Waals surface area contributed by atoms with E-state index < -0.39 is 28.9 Å². The Bertz CT molecular complexity index is 1570. The smallest absolute Gasteiger partial charge is 0.412 e. The predicted octanol–water partition coefficient (Wildman–Crippen LogP) is 7.49. The zero-order chi connectivity index (χ0) is 31.2. The highest BCUT2D eigenvalue weighted by atomic mass is 19.1. The number of nitrogens with one attached hydrogen (secondary N) is 2. The molecule has 0 radical (unpaired) electrons. The maximum absolute atomic E-state index is 15.5. The Labute approximate surface area is 256 Å². The molecule has 230 valence electrons. The van der Waals surface area contributed by atoms with E-state index in [0.717, 1.165) is 11.1 Å². The zero-order valence-electron chi connectivity index (χ0n) is 25.0. The van der Waals surface area contributed by atoms with Crippen molar-refractivity contribution in [1.82, 2.24) is 5.32 Å². The minimum absolute atomic E-state index is 0.00435. The van der Waals surface area contributed by atoms with Crippen molar-refractivity contribution in [1.29, 1.82) is 0 Å². The number of anilines is 1. The summed E-state index contributed by atoms with van der Waals surface area (Å²) in [6.45, 7) is 6.14. The van der Waals surface area contributed by atoms with Crippen LogP contribution in [0.1, 0.15) is 43.0 Å². The first kappa shape index (κ1) is 31.0. The Morgan fingerprint density at radius 2 is 1.45 bits per heavy atom. The summed E-state index contributed by atoms with van der Waals surface area (Å²) in [7, 11) is 0. The molecule has 4 aromatic carbocycles. The molecule has 0 saturated carbocycles. The Balaban J connectivity index is 1.38. The summed E-state index contributed by atoms with van der Waals surface area (Å²) in [5.74, 6) is -0.665. The third-order valence-electron chi connectivity index (χ3n) is 7.05. The first-order valence-corrected chi connectivity index (χ1v) is 14.4. The van der Waals surface area contributed by atoms with Gasteiger partial charge in [0, 0.05) is 23.7 Å². The molecule has 7 nitrogen and oxygen atoms in total. The number of amides is 1. The number of hydrogen-bond acceptors (Lipinski definition) is 6. The van der Waals surface area contributed by atoms with E-state index in [2.05, 4.69) is 10.6 Å². The van der Waals surface area contributed by atoms with Gasteiger partial charge in [-0.2, -0.15) is 0 Å². The molecule has 0 aromatic heterocycles. The van der Waals surface area contributed by atoms with Crippen LogP contribution in [-0.2, 0) is 34.8 Å². The van der Waals surface area contributed by atoms with Crippen molar-refractivity contribution in [2.45, 2.75) is 51.7 Å². The molecule has 0 atom stereocenters. The van der Waals surface area contributed by atoms with Gasteiger partial charge in [0.25, 0.3) is 0 Å². The van der Waals surface area contributed by atoms with Gasteiger partial charge in [0.05, 0.1) is 24.4 Å². The van der Waals surface area contributed by atoms with Crippen molar-refractivity contribution in [2.75, 3.05) is 18.5 Å². The molecule has 1 saturated heterocycles. The second kappa shape index (κ2) is 13.4. The van der Waals surface area contributed by atoms with Crippen LogP contribution in [0, 0.1) is 11.6 Å².